The molecule has 2 saturated carbocycles. The molecule has 3 aromatic rings. The Morgan fingerprint density at radius 2 is 1.86 bits per heavy atom. The summed E-state index contributed by atoms with van der Waals surface area (Å²) in [5.74, 6) is 2.74. The molecule has 7 rings (SSSR count). The zero-order valence-corrected chi connectivity index (χ0v) is 23.9. The summed E-state index contributed by atoms with van der Waals surface area (Å²) in [7, 11) is 0. The Balaban J connectivity index is 1.00. The molecule has 3 atom stereocenters. The Labute approximate surface area is 246 Å². The maximum atomic E-state index is 14.0. The smallest absolute Gasteiger partial charge is 0.318 e. The van der Waals surface area contributed by atoms with E-state index in [4.69, 9.17) is 15.2 Å². The molecule has 2 amide bonds. The first-order chi connectivity index (χ1) is 20.6. The summed E-state index contributed by atoms with van der Waals surface area (Å²) in [6.45, 7) is 1.32. The minimum Gasteiger partial charge on any atom is -0.486 e. The standard InChI is InChI=1S/C31H40N8O3/c32-30-33-11-10-28(36-30)35-29-16-27(37-38-29)20-6-8-24(14-20)39(23-4-2-1-3-5-23)31(40)34-22-12-19-7-9-25(15-21(19)13-22)42-26-17-41-18-26/h7,9-11,15-16,20,22-24,26H,1-6,8,12-14,17-18H2,(H,34,40)(H4,32,33,35,36,37,38). The molecule has 3 unspecified atom stereocenters. The van der Waals surface area contributed by atoms with Crippen molar-refractivity contribution in [3.05, 3.63) is 53.3 Å². The summed E-state index contributed by atoms with van der Waals surface area (Å²) >= 11 is 0. The predicted octanol–water partition coefficient (Wildman–Crippen LogP) is 4.45. The molecule has 0 bridgehead atoms. The van der Waals surface area contributed by atoms with E-state index in [1.54, 1.807) is 12.3 Å². The fourth-order valence-electron chi connectivity index (χ4n) is 7.16. The van der Waals surface area contributed by atoms with Crippen LogP contribution in [0.1, 0.15) is 74.1 Å². The van der Waals surface area contributed by atoms with Crippen molar-refractivity contribution in [1.29, 1.82) is 0 Å². The van der Waals surface area contributed by atoms with Crippen LogP contribution < -0.4 is 21.1 Å². The summed E-state index contributed by atoms with van der Waals surface area (Å²) in [5, 5.41) is 14.3. The van der Waals surface area contributed by atoms with Gasteiger partial charge in [0.25, 0.3) is 0 Å². The average molecular weight is 573 g/mol. The third kappa shape index (κ3) is 5.88. The number of hydrogen-bond donors (Lipinski definition) is 4. The van der Waals surface area contributed by atoms with E-state index in [9.17, 15) is 4.79 Å². The number of aromatic amines is 1. The maximum absolute atomic E-state index is 14.0. The van der Waals surface area contributed by atoms with Gasteiger partial charge >= 0.3 is 6.03 Å². The molecule has 3 aliphatic carbocycles. The first kappa shape index (κ1) is 27.0. The number of nitrogens with zero attached hydrogens (tertiary/aromatic N) is 4. The number of nitrogens with two attached hydrogens (primary N) is 1. The summed E-state index contributed by atoms with van der Waals surface area (Å²) in [6, 6.07) is 10.9. The van der Waals surface area contributed by atoms with E-state index in [0.717, 1.165) is 56.4 Å². The molecule has 1 aromatic carbocycles. The van der Waals surface area contributed by atoms with Crippen LogP contribution in [0.5, 0.6) is 5.75 Å². The van der Waals surface area contributed by atoms with Crippen molar-refractivity contribution in [3.63, 3.8) is 0 Å². The SMILES string of the molecule is Nc1nccc(Nc2cc(C3CCC(N(C(=O)NC4Cc5ccc(OC6COC6)cc5C4)C4CCCCC4)C3)[nH]n2)n1. The van der Waals surface area contributed by atoms with Gasteiger partial charge in [0, 0.05) is 42.0 Å². The highest BCUT2D eigenvalue weighted by atomic mass is 16.6. The van der Waals surface area contributed by atoms with Crippen molar-refractivity contribution in [2.24, 2.45) is 0 Å². The second kappa shape index (κ2) is 11.8. The van der Waals surface area contributed by atoms with Gasteiger partial charge in [0.05, 0.1) is 13.2 Å². The van der Waals surface area contributed by atoms with Gasteiger partial charge in [-0.15, -0.1) is 0 Å². The lowest BCUT2D eigenvalue weighted by molar-refractivity contribution is -0.0797. The molecule has 1 saturated heterocycles. The number of carbonyl (C=O) groups is 1. The summed E-state index contributed by atoms with van der Waals surface area (Å²) in [6.07, 6.45) is 12.2. The highest BCUT2D eigenvalue weighted by molar-refractivity contribution is 5.75. The predicted molar refractivity (Wildman–Crippen MR) is 159 cm³/mol. The van der Waals surface area contributed by atoms with Crippen LogP contribution in [0.2, 0.25) is 0 Å². The molecule has 3 fully saturated rings. The number of anilines is 3. The fourth-order valence-corrected chi connectivity index (χ4v) is 7.16. The molecule has 222 valence electrons. The maximum Gasteiger partial charge on any atom is 0.318 e. The van der Waals surface area contributed by atoms with E-state index in [0.29, 0.717) is 36.8 Å². The molecule has 2 aromatic heterocycles. The molecule has 11 nitrogen and oxygen atoms in total. The van der Waals surface area contributed by atoms with Crippen LogP contribution in [-0.4, -0.2) is 68.5 Å². The quantitative estimate of drug-likeness (QED) is 0.310. The molecule has 4 aliphatic rings. The summed E-state index contributed by atoms with van der Waals surface area (Å²) < 4.78 is 11.3. The van der Waals surface area contributed by atoms with Crippen LogP contribution >= 0.6 is 0 Å². The number of carbonyl (C=O) groups excluding carboxylic acids is 1. The fraction of sp³-hybridized carbons (Fsp3) is 0.548. The van der Waals surface area contributed by atoms with E-state index < -0.39 is 0 Å². The van der Waals surface area contributed by atoms with Crippen molar-refractivity contribution >= 4 is 23.6 Å². The van der Waals surface area contributed by atoms with Gasteiger partial charge in [-0.1, -0.05) is 25.3 Å². The van der Waals surface area contributed by atoms with Crippen LogP contribution in [0.3, 0.4) is 0 Å². The van der Waals surface area contributed by atoms with Crippen LogP contribution in [-0.2, 0) is 17.6 Å². The number of fused-ring (bicyclic) bond motifs is 1. The molecular formula is C31H40N8O3. The number of benzene rings is 1. The van der Waals surface area contributed by atoms with Crippen LogP contribution in [0, 0.1) is 0 Å². The van der Waals surface area contributed by atoms with Crippen molar-refractivity contribution in [1.82, 2.24) is 30.4 Å². The summed E-state index contributed by atoms with van der Waals surface area (Å²) in [5.41, 5.74) is 9.37. The molecule has 0 radical (unpaired) electrons. The Bertz CT molecular complexity index is 1400. The number of nitrogen functional groups attached to an aromatic ring is 1. The van der Waals surface area contributed by atoms with Gasteiger partial charge in [-0.2, -0.15) is 10.1 Å². The molecule has 11 heteroatoms. The number of rotatable bonds is 8. The number of amides is 2. The number of aromatic nitrogens is 4. The highest BCUT2D eigenvalue weighted by Gasteiger charge is 2.38. The van der Waals surface area contributed by atoms with Crippen LogP contribution in [0.25, 0.3) is 0 Å². The minimum absolute atomic E-state index is 0.0989. The Morgan fingerprint density at radius 3 is 2.67 bits per heavy atom. The zero-order valence-electron chi connectivity index (χ0n) is 23.9. The Hall–Kier alpha value is -3.86. The number of ether oxygens (including phenoxy) is 2. The molecule has 1 aliphatic heterocycles. The monoisotopic (exact) mass is 572 g/mol. The van der Waals surface area contributed by atoms with Crippen molar-refractivity contribution in [2.75, 3.05) is 24.3 Å². The van der Waals surface area contributed by atoms with Crippen LogP contribution in [0.4, 0.5) is 22.4 Å². The molecule has 5 N–H and O–H groups in total. The lowest BCUT2D eigenvalue weighted by Crippen LogP contribution is -2.53. The molecule has 42 heavy (non-hydrogen) atoms. The highest BCUT2D eigenvalue weighted by Crippen LogP contribution is 2.39. The number of hydrogen-bond acceptors (Lipinski definition) is 8. The van der Waals surface area contributed by atoms with Crippen molar-refractivity contribution in [3.8, 4) is 5.75 Å². The van der Waals surface area contributed by atoms with Gasteiger partial charge in [0.1, 0.15) is 17.7 Å². The second-order valence-corrected chi connectivity index (χ2v) is 12.3. The minimum atomic E-state index is 0.0989. The average Bonchev–Trinajstić information content (AvgIpc) is 3.71. The van der Waals surface area contributed by atoms with E-state index in [-0.39, 0.29) is 30.2 Å². The number of nitrogens with one attached hydrogen (secondary N) is 3. The van der Waals surface area contributed by atoms with E-state index >= 15 is 0 Å². The third-order valence-electron chi connectivity index (χ3n) is 9.32. The Kier molecular flexibility index (Phi) is 7.58. The number of urea groups is 1. The van der Waals surface area contributed by atoms with Gasteiger partial charge in [0.2, 0.25) is 5.95 Å². The normalized spacial score (nSPS) is 24.1. The van der Waals surface area contributed by atoms with Gasteiger partial charge in [-0.25, -0.2) is 9.78 Å². The number of H-pyrrole nitrogens is 1. The second-order valence-electron chi connectivity index (χ2n) is 12.3. The lowest BCUT2D eigenvalue weighted by Gasteiger charge is -2.39. The third-order valence-corrected chi connectivity index (χ3v) is 9.32. The first-order valence-corrected chi connectivity index (χ1v) is 15.4. The van der Waals surface area contributed by atoms with Gasteiger partial charge in [-0.3, -0.25) is 5.10 Å². The molecule has 0 spiro atoms. The lowest BCUT2D eigenvalue weighted by atomic mass is 9.92. The molecular weight excluding hydrogens is 532 g/mol. The van der Waals surface area contributed by atoms with E-state index in [1.807, 2.05) is 12.1 Å². The Morgan fingerprint density at radius 1 is 1.00 bits per heavy atom. The van der Waals surface area contributed by atoms with Crippen molar-refractivity contribution in [2.45, 2.75) is 94.4 Å². The van der Waals surface area contributed by atoms with Gasteiger partial charge in [-0.05, 0) is 74.3 Å². The topological polar surface area (TPSA) is 143 Å². The van der Waals surface area contributed by atoms with Gasteiger partial charge < -0.3 is 30.7 Å². The zero-order chi connectivity index (χ0) is 28.5. The van der Waals surface area contributed by atoms with Gasteiger partial charge in [0.15, 0.2) is 5.82 Å². The van der Waals surface area contributed by atoms with E-state index in [2.05, 4.69) is 47.8 Å². The summed E-state index contributed by atoms with van der Waals surface area (Å²) in [4.78, 5) is 24.4. The largest absolute Gasteiger partial charge is 0.486 e. The van der Waals surface area contributed by atoms with Crippen LogP contribution in [0.15, 0.2) is 36.5 Å². The molecule has 3 heterocycles. The van der Waals surface area contributed by atoms with Crippen molar-refractivity contribution < 1.29 is 14.3 Å². The first-order valence-electron chi connectivity index (χ1n) is 15.4. The van der Waals surface area contributed by atoms with E-state index in [1.165, 1.54) is 30.4 Å².